The highest BCUT2D eigenvalue weighted by Gasteiger charge is 2.27. The number of Topliss-reactive ketones (excluding diaryl/α,β-unsaturated/α-hetero) is 1. The first kappa shape index (κ1) is 10.5. The van der Waals surface area contributed by atoms with Crippen LogP contribution in [0.1, 0.15) is 15.9 Å². The van der Waals surface area contributed by atoms with E-state index in [4.69, 9.17) is 4.74 Å². The van der Waals surface area contributed by atoms with E-state index in [9.17, 15) is 9.90 Å². The molecule has 0 spiro atoms. The molecule has 88 valence electrons. The van der Waals surface area contributed by atoms with Gasteiger partial charge in [-0.15, -0.1) is 0 Å². The van der Waals surface area contributed by atoms with E-state index in [1.165, 1.54) is 12.1 Å². The van der Waals surface area contributed by atoms with Crippen molar-refractivity contribution in [1.29, 1.82) is 0 Å². The predicted molar refractivity (Wildman–Crippen MR) is 65.3 cm³/mol. The van der Waals surface area contributed by atoms with Gasteiger partial charge in [-0.05, 0) is 35.9 Å². The minimum atomic E-state index is -0.179. The minimum Gasteiger partial charge on any atom is -0.508 e. The minimum absolute atomic E-state index is 0.0757. The molecule has 0 atom stereocenters. The molecule has 0 saturated heterocycles. The highest BCUT2D eigenvalue weighted by Crippen LogP contribution is 2.34. The number of phenols is 1. The number of nitrogens with zero attached hydrogens (tertiary/aromatic N) is 1. The van der Waals surface area contributed by atoms with Gasteiger partial charge in [-0.2, -0.15) is 0 Å². The van der Waals surface area contributed by atoms with Gasteiger partial charge in [0.2, 0.25) is 5.78 Å². The van der Waals surface area contributed by atoms with Crippen molar-refractivity contribution < 1.29 is 14.6 Å². The summed E-state index contributed by atoms with van der Waals surface area (Å²) in [7, 11) is 0. The van der Waals surface area contributed by atoms with Gasteiger partial charge < -0.3 is 9.84 Å². The number of benzene rings is 1. The summed E-state index contributed by atoms with van der Waals surface area (Å²) < 4.78 is 5.44. The summed E-state index contributed by atoms with van der Waals surface area (Å²) >= 11 is 0. The summed E-state index contributed by atoms with van der Waals surface area (Å²) in [5, 5.41) is 9.34. The van der Waals surface area contributed by atoms with Gasteiger partial charge in [-0.25, -0.2) is 0 Å². The number of rotatable bonds is 1. The molecule has 0 bridgehead atoms. The third kappa shape index (κ3) is 1.73. The smallest absolute Gasteiger partial charge is 0.231 e. The average Bonchev–Trinajstić information content (AvgIpc) is 2.67. The number of aromatic nitrogens is 1. The van der Waals surface area contributed by atoms with Gasteiger partial charge in [0.05, 0.1) is 5.56 Å². The maximum absolute atomic E-state index is 12.0. The Labute approximate surface area is 103 Å². The summed E-state index contributed by atoms with van der Waals surface area (Å²) in [6.45, 7) is 0. The van der Waals surface area contributed by atoms with Crippen molar-refractivity contribution in [1.82, 2.24) is 4.98 Å². The van der Waals surface area contributed by atoms with Crippen LogP contribution >= 0.6 is 0 Å². The molecule has 1 aromatic carbocycles. The lowest BCUT2D eigenvalue weighted by atomic mass is 10.1. The number of carbonyl (C=O) groups excluding carboxylic acids is 1. The Balaban J connectivity index is 2.00. The Morgan fingerprint density at radius 1 is 1.17 bits per heavy atom. The lowest BCUT2D eigenvalue weighted by Crippen LogP contribution is -1.97. The number of pyridine rings is 1. The zero-order valence-corrected chi connectivity index (χ0v) is 9.33. The van der Waals surface area contributed by atoms with E-state index in [1.54, 1.807) is 36.7 Å². The number of carbonyl (C=O) groups is 1. The molecule has 0 fully saturated rings. The average molecular weight is 239 g/mol. The van der Waals surface area contributed by atoms with Crippen LogP contribution in [0.3, 0.4) is 0 Å². The molecule has 0 unspecified atom stereocenters. The highest BCUT2D eigenvalue weighted by molar-refractivity contribution is 6.14. The van der Waals surface area contributed by atoms with Crippen molar-refractivity contribution >= 4 is 11.9 Å². The van der Waals surface area contributed by atoms with E-state index in [-0.39, 0.29) is 17.3 Å². The third-order valence-electron chi connectivity index (χ3n) is 2.66. The maximum atomic E-state index is 12.0. The van der Waals surface area contributed by atoms with E-state index < -0.39 is 0 Å². The van der Waals surface area contributed by atoms with E-state index in [0.717, 1.165) is 5.56 Å². The first-order valence-corrected chi connectivity index (χ1v) is 5.41. The number of hydrogen-bond acceptors (Lipinski definition) is 4. The monoisotopic (exact) mass is 239 g/mol. The molecule has 0 amide bonds. The van der Waals surface area contributed by atoms with Gasteiger partial charge >= 0.3 is 0 Å². The lowest BCUT2D eigenvalue weighted by molar-refractivity contribution is 0.101. The molecule has 0 radical (unpaired) electrons. The molecule has 0 saturated carbocycles. The summed E-state index contributed by atoms with van der Waals surface area (Å²) in [6, 6.07) is 8.02. The number of fused-ring (bicyclic) bond motifs is 1. The number of ketones is 1. The van der Waals surface area contributed by atoms with Crippen molar-refractivity contribution in [2.45, 2.75) is 0 Å². The van der Waals surface area contributed by atoms with Crippen molar-refractivity contribution in [3.63, 3.8) is 0 Å². The van der Waals surface area contributed by atoms with Crippen molar-refractivity contribution in [3.8, 4) is 11.5 Å². The third-order valence-corrected chi connectivity index (χ3v) is 2.66. The Morgan fingerprint density at radius 2 is 1.94 bits per heavy atom. The molecule has 1 N–H and O–H groups in total. The van der Waals surface area contributed by atoms with Gasteiger partial charge in [0.25, 0.3) is 0 Å². The zero-order chi connectivity index (χ0) is 12.5. The van der Waals surface area contributed by atoms with Crippen LogP contribution in [0.15, 0.2) is 48.5 Å². The number of allylic oxidation sites excluding steroid dienone is 1. The van der Waals surface area contributed by atoms with Gasteiger partial charge in [-0.1, -0.05) is 0 Å². The van der Waals surface area contributed by atoms with Gasteiger partial charge in [0, 0.05) is 18.5 Å². The predicted octanol–water partition coefficient (Wildman–Crippen LogP) is 2.40. The Hall–Kier alpha value is -2.62. The molecule has 4 heteroatoms. The Kier molecular flexibility index (Phi) is 2.34. The van der Waals surface area contributed by atoms with E-state index in [0.29, 0.717) is 11.3 Å². The Morgan fingerprint density at radius 3 is 2.72 bits per heavy atom. The second kappa shape index (κ2) is 4.00. The largest absolute Gasteiger partial charge is 0.508 e. The first-order valence-electron chi connectivity index (χ1n) is 5.41. The molecule has 1 aliphatic heterocycles. The van der Waals surface area contributed by atoms with Crippen LogP contribution < -0.4 is 4.74 Å². The highest BCUT2D eigenvalue weighted by atomic mass is 16.5. The molecular formula is C14H9NO3. The molecule has 2 aromatic rings. The van der Waals surface area contributed by atoms with Gasteiger partial charge in [0.15, 0.2) is 5.76 Å². The maximum Gasteiger partial charge on any atom is 0.231 e. The van der Waals surface area contributed by atoms with E-state index >= 15 is 0 Å². The van der Waals surface area contributed by atoms with E-state index in [2.05, 4.69) is 4.98 Å². The quantitative estimate of drug-likeness (QED) is 0.776. The number of aromatic hydroxyl groups is 1. The summed E-state index contributed by atoms with van der Waals surface area (Å²) in [4.78, 5) is 15.9. The fourth-order valence-electron chi connectivity index (χ4n) is 1.79. The molecule has 0 aliphatic carbocycles. The Bertz CT molecular complexity index is 647. The molecule has 1 aromatic heterocycles. The van der Waals surface area contributed by atoms with Crippen LogP contribution in [0.4, 0.5) is 0 Å². The van der Waals surface area contributed by atoms with Crippen molar-refractivity contribution in [2.75, 3.05) is 0 Å². The van der Waals surface area contributed by atoms with Crippen LogP contribution in [-0.2, 0) is 0 Å². The normalized spacial score (nSPS) is 15.6. The molecule has 4 nitrogen and oxygen atoms in total. The van der Waals surface area contributed by atoms with Gasteiger partial charge in [-0.3, -0.25) is 9.78 Å². The fourth-order valence-corrected chi connectivity index (χ4v) is 1.79. The molecule has 1 aliphatic rings. The molecular weight excluding hydrogens is 230 g/mol. The van der Waals surface area contributed by atoms with Crippen molar-refractivity contribution in [3.05, 3.63) is 59.6 Å². The van der Waals surface area contributed by atoms with Crippen LogP contribution in [0, 0.1) is 0 Å². The second-order valence-electron chi connectivity index (χ2n) is 3.90. The number of ether oxygens (including phenoxy) is 1. The second-order valence-corrected chi connectivity index (χ2v) is 3.90. The van der Waals surface area contributed by atoms with Crippen LogP contribution in [0.25, 0.3) is 6.08 Å². The van der Waals surface area contributed by atoms with Crippen molar-refractivity contribution in [2.24, 2.45) is 0 Å². The number of hydrogen-bond donors (Lipinski definition) is 1. The molecule has 2 heterocycles. The van der Waals surface area contributed by atoms with Gasteiger partial charge in [0.1, 0.15) is 11.5 Å². The summed E-state index contributed by atoms with van der Waals surface area (Å²) in [5.41, 5.74) is 1.30. The zero-order valence-electron chi connectivity index (χ0n) is 9.33. The summed E-state index contributed by atoms with van der Waals surface area (Å²) in [5.74, 6) is 0.538. The SMILES string of the molecule is O=C1C(=Cc2ccncc2)Oc2cc(O)ccc21. The fraction of sp³-hybridized carbons (Fsp3) is 0. The summed E-state index contributed by atoms with van der Waals surface area (Å²) in [6.07, 6.45) is 4.94. The lowest BCUT2D eigenvalue weighted by Gasteiger charge is -1.98. The number of phenolic OH excluding ortho intramolecular Hbond substituents is 1. The van der Waals surface area contributed by atoms with E-state index in [1.807, 2.05) is 0 Å². The van der Waals surface area contributed by atoms with Crippen LogP contribution in [-0.4, -0.2) is 15.9 Å². The molecule has 18 heavy (non-hydrogen) atoms. The first-order chi connectivity index (χ1) is 8.74. The topological polar surface area (TPSA) is 59.4 Å². The molecule has 3 rings (SSSR count). The van der Waals surface area contributed by atoms with Crippen LogP contribution in [0.5, 0.6) is 11.5 Å². The van der Waals surface area contributed by atoms with Crippen LogP contribution in [0.2, 0.25) is 0 Å². The standard InChI is InChI=1S/C14H9NO3/c16-10-1-2-11-12(8-10)18-13(14(11)17)7-9-3-5-15-6-4-9/h1-8,16H.